The van der Waals surface area contributed by atoms with Crippen molar-refractivity contribution in [2.24, 2.45) is 0 Å². The highest BCUT2D eigenvalue weighted by Gasteiger charge is 2.16. The fraction of sp³-hybridized carbons (Fsp3) is 0.200. The summed E-state index contributed by atoms with van der Waals surface area (Å²) in [5, 5.41) is 3.23. The quantitative estimate of drug-likeness (QED) is 0.940. The van der Waals surface area contributed by atoms with E-state index in [9.17, 15) is 4.79 Å². The third-order valence-corrected chi connectivity index (χ3v) is 3.27. The monoisotopic (exact) mass is 290 g/mol. The number of aromatic nitrogens is 1. The molecule has 0 aliphatic heterocycles. The minimum absolute atomic E-state index is 0.192. The number of hydrogen-bond acceptors (Lipinski definition) is 3. The number of nitrogens with one attached hydrogen (secondary N) is 1. The highest BCUT2D eigenvalue weighted by Crippen LogP contribution is 2.25. The number of para-hydroxylation sites is 1. The Morgan fingerprint density at radius 2 is 2.10 bits per heavy atom. The number of hydrogen-bond donors (Lipinski definition) is 1. The van der Waals surface area contributed by atoms with Gasteiger partial charge in [0.05, 0.1) is 23.7 Å². The molecule has 5 heteroatoms. The zero-order valence-corrected chi connectivity index (χ0v) is 12.0. The molecule has 4 nitrogen and oxygen atoms in total. The Labute approximate surface area is 122 Å². The van der Waals surface area contributed by atoms with Crippen molar-refractivity contribution in [3.63, 3.8) is 0 Å². The van der Waals surface area contributed by atoms with Crippen molar-refractivity contribution in [2.75, 3.05) is 7.11 Å². The van der Waals surface area contributed by atoms with E-state index < -0.39 is 0 Å². The maximum Gasteiger partial charge on any atom is 0.253 e. The summed E-state index contributed by atoms with van der Waals surface area (Å²) in [7, 11) is 1.60. The minimum Gasteiger partial charge on any atom is -0.496 e. The maximum atomic E-state index is 12.2. The first kappa shape index (κ1) is 14.3. The van der Waals surface area contributed by atoms with Crippen LogP contribution in [-0.2, 0) is 0 Å². The van der Waals surface area contributed by atoms with Gasteiger partial charge in [-0.15, -0.1) is 0 Å². The molecule has 1 heterocycles. The van der Waals surface area contributed by atoms with E-state index >= 15 is 0 Å². The van der Waals surface area contributed by atoms with E-state index in [0.29, 0.717) is 10.6 Å². The van der Waals surface area contributed by atoms with E-state index in [1.807, 2.05) is 31.2 Å². The molecule has 0 bridgehead atoms. The van der Waals surface area contributed by atoms with Crippen molar-refractivity contribution in [3.8, 4) is 5.75 Å². The van der Waals surface area contributed by atoms with Gasteiger partial charge in [-0.05, 0) is 19.1 Å². The molecule has 1 unspecified atom stereocenters. The average molecular weight is 291 g/mol. The third-order valence-electron chi connectivity index (χ3n) is 2.97. The first-order valence-electron chi connectivity index (χ1n) is 6.16. The van der Waals surface area contributed by atoms with Crippen molar-refractivity contribution < 1.29 is 9.53 Å². The molecule has 0 saturated heterocycles. The van der Waals surface area contributed by atoms with Gasteiger partial charge in [0.1, 0.15) is 5.75 Å². The molecular formula is C15H15ClN2O2. The maximum absolute atomic E-state index is 12.2. The van der Waals surface area contributed by atoms with Gasteiger partial charge in [-0.1, -0.05) is 29.8 Å². The lowest BCUT2D eigenvalue weighted by atomic mass is 10.1. The van der Waals surface area contributed by atoms with E-state index in [1.54, 1.807) is 13.2 Å². The summed E-state index contributed by atoms with van der Waals surface area (Å²) in [5.74, 6) is 0.497. The molecule has 0 fully saturated rings. The highest BCUT2D eigenvalue weighted by molar-refractivity contribution is 6.33. The molecule has 1 aromatic heterocycles. The first-order chi connectivity index (χ1) is 9.63. The van der Waals surface area contributed by atoms with Crippen LogP contribution in [0, 0.1) is 0 Å². The van der Waals surface area contributed by atoms with Crippen LogP contribution in [-0.4, -0.2) is 18.0 Å². The first-order valence-corrected chi connectivity index (χ1v) is 6.54. The highest BCUT2D eigenvalue weighted by atomic mass is 35.5. The molecule has 1 aromatic carbocycles. The Hall–Kier alpha value is -2.07. The van der Waals surface area contributed by atoms with Crippen LogP contribution in [0.5, 0.6) is 5.75 Å². The van der Waals surface area contributed by atoms with Gasteiger partial charge in [0, 0.05) is 18.0 Å². The standard InChI is InChI=1S/C15H15ClN2O2/c1-10(11-5-3-4-6-14(11)20-2)18-15(19)12-7-8-17-9-13(12)16/h3-10H,1-2H3,(H,18,19). The lowest BCUT2D eigenvalue weighted by molar-refractivity contribution is 0.0939. The number of amides is 1. The van der Waals surface area contributed by atoms with Gasteiger partial charge in [-0.2, -0.15) is 0 Å². The van der Waals surface area contributed by atoms with Crippen LogP contribution >= 0.6 is 11.6 Å². The molecule has 0 saturated carbocycles. The molecule has 0 radical (unpaired) electrons. The second-order valence-corrected chi connectivity index (χ2v) is 4.70. The van der Waals surface area contributed by atoms with E-state index in [1.165, 1.54) is 12.4 Å². The number of methoxy groups -OCH3 is 1. The molecule has 0 aliphatic rings. The summed E-state index contributed by atoms with van der Waals surface area (Å²) in [4.78, 5) is 16.0. The molecule has 1 N–H and O–H groups in total. The Bertz CT molecular complexity index is 616. The topological polar surface area (TPSA) is 51.2 Å². The van der Waals surface area contributed by atoms with Gasteiger partial charge < -0.3 is 10.1 Å². The van der Waals surface area contributed by atoms with Gasteiger partial charge in [0.2, 0.25) is 0 Å². The van der Waals surface area contributed by atoms with Crippen LogP contribution in [0.1, 0.15) is 28.9 Å². The number of pyridine rings is 1. The van der Waals surface area contributed by atoms with Crippen LogP contribution in [0.25, 0.3) is 0 Å². The Kier molecular flexibility index (Phi) is 4.58. The van der Waals surface area contributed by atoms with Crippen molar-refractivity contribution in [2.45, 2.75) is 13.0 Å². The summed E-state index contributed by atoms with van der Waals surface area (Å²) in [6.07, 6.45) is 2.98. The summed E-state index contributed by atoms with van der Waals surface area (Å²) in [5.41, 5.74) is 1.32. The molecule has 1 atom stereocenters. The second-order valence-electron chi connectivity index (χ2n) is 4.29. The predicted molar refractivity (Wildman–Crippen MR) is 78.1 cm³/mol. The van der Waals surface area contributed by atoms with Crippen molar-refractivity contribution in [1.29, 1.82) is 0 Å². The largest absolute Gasteiger partial charge is 0.496 e. The van der Waals surface area contributed by atoms with Crippen LogP contribution in [0.2, 0.25) is 5.02 Å². The molecule has 0 spiro atoms. The Balaban J connectivity index is 2.18. The summed E-state index contributed by atoms with van der Waals surface area (Å²) in [6, 6.07) is 8.96. The normalized spacial score (nSPS) is 11.8. The molecular weight excluding hydrogens is 276 g/mol. The number of carbonyl (C=O) groups excluding carboxylic acids is 1. The van der Waals surface area contributed by atoms with E-state index in [-0.39, 0.29) is 11.9 Å². The molecule has 104 valence electrons. The van der Waals surface area contributed by atoms with Crippen LogP contribution < -0.4 is 10.1 Å². The number of benzene rings is 1. The molecule has 1 amide bonds. The third kappa shape index (κ3) is 3.08. The lowest BCUT2D eigenvalue weighted by Crippen LogP contribution is -2.27. The van der Waals surface area contributed by atoms with Crippen LogP contribution in [0.4, 0.5) is 0 Å². The lowest BCUT2D eigenvalue weighted by Gasteiger charge is -2.17. The summed E-state index contributed by atoms with van der Waals surface area (Å²) < 4.78 is 5.29. The number of ether oxygens (including phenoxy) is 1. The summed E-state index contributed by atoms with van der Waals surface area (Å²) >= 11 is 5.96. The van der Waals surface area contributed by atoms with Gasteiger partial charge in [0.25, 0.3) is 5.91 Å². The predicted octanol–water partition coefficient (Wildman–Crippen LogP) is 3.23. The zero-order chi connectivity index (χ0) is 14.5. The van der Waals surface area contributed by atoms with Gasteiger partial charge in [-0.25, -0.2) is 0 Å². The second kappa shape index (κ2) is 6.39. The smallest absolute Gasteiger partial charge is 0.253 e. The Morgan fingerprint density at radius 1 is 1.35 bits per heavy atom. The fourth-order valence-corrected chi connectivity index (χ4v) is 2.14. The number of nitrogens with zero attached hydrogens (tertiary/aromatic N) is 1. The SMILES string of the molecule is COc1ccccc1C(C)NC(=O)c1ccncc1Cl. The van der Waals surface area contributed by atoms with Gasteiger partial charge in [-0.3, -0.25) is 9.78 Å². The van der Waals surface area contributed by atoms with Gasteiger partial charge >= 0.3 is 0 Å². The van der Waals surface area contributed by atoms with Gasteiger partial charge in [0.15, 0.2) is 0 Å². The Morgan fingerprint density at radius 3 is 2.80 bits per heavy atom. The fourth-order valence-electron chi connectivity index (χ4n) is 1.94. The van der Waals surface area contributed by atoms with Crippen LogP contribution in [0.3, 0.4) is 0 Å². The van der Waals surface area contributed by atoms with Crippen molar-refractivity contribution in [3.05, 3.63) is 58.9 Å². The molecule has 20 heavy (non-hydrogen) atoms. The van der Waals surface area contributed by atoms with Crippen molar-refractivity contribution in [1.82, 2.24) is 10.3 Å². The van der Waals surface area contributed by atoms with Crippen molar-refractivity contribution >= 4 is 17.5 Å². The number of halogens is 1. The zero-order valence-electron chi connectivity index (χ0n) is 11.3. The number of rotatable bonds is 4. The molecule has 0 aliphatic carbocycles. The van der Waals surface area contributed by atoms with Crippen LogP contribution in [0.15, 0.2) is 42.7 Å². The molecule has 2 rings (SSSR count). The summed E-state index contributed by atoms with van der Waals surface area (Å²) in [6.45, 7) is 1.89. The average Bonchev–Trinajstić information content (AvgIpc) is 2.47. The van der Waals surface area contributed by atoms with E-state index in [2.05, 4.69) is 10.3 Å². The van der Waals surface area contributed by atoms with E-state index in [4.69, 9.17) is 16.3 Å². The minimum atomic E-state index is -0.240. The number of carbonyl (C=O) groups is 1. The van der Waals surface area contributed by atoms with E-state index in [0.717, 1.165) is 11.3 Å². The molecule has 2 aromatic rings.